The van der Waals surface area contributed by atoms with E-state index in [9.17, 15) is 0 Å². The molecule has 84 valence electrons. The lowest BCUT2D eigenvalue weighted by Crippen LogP contribution is -2.21. The minimum Gasteiger partial charge on any atom is -0.388 e. The van der Waals surface area contributed by atoms with Crippen molar-refractivity contribution in [2.75, 3.05) is 0 Å². The molecule has 0 radical (unpaired) electrons. The van der Waals surface area contributed by atoms with E-state index in [4.69, 9.17) is 4.84 Å². The van der Waals surface area contributed by atoms with E-state index in [0.717, 1.165) is 6.42 Å². The Kier molecular flexibility index (Phi) is 2.85. The highest BCUT2D eigenvalue weighted by molar-refractivity contribution is 5.90. The SMILES string of the molecule is CC(C)(C)C1=NOC(C2=CCCCC2)C1. The summed E-state index contributed by atoms with van der Waals surface area (Å²) in [5.41, 5.74) is 2.84. The second-order valence-corrected chi connectivity index (χ2v) is 5.61. The summed E-state index contributed by atoms with van der Waals surface area (Å²) >= 11 is 0. The minimum absolute atomic E-state index is 0.157. The molecular formula is C13H21NO. The summed E-state index contributed by atoms with van der Waals surface area (Å²) in [5.74, 6) is 0. The van der Waals surface area contributed by atoms with Gasteiger partial charge in [0.1, 0.15) is 0 Å². The van der Waals surface area contributed by atoms with E-state index >= 15 is 0 Å². The third-order valence-electron chi connectivity index (χ3n) is 3.27. The highest BCUT2D eigenvalue weighted by Crippen LogP contribution is 2.31. The first kappa shape index (κ1) is 10.7. The Morgan fingerprint density at radius 1 is 1.33 bits per heavy atom. The van der Waals surface area contributed by atoms with E-state index < -0.39 is 0 Å². The van der Waals surface area contributed by atoms with Crippen LogP contribution in [0.2, 0.25) is 0 Å². The second-order valence-electron chi connectivity index (χ2n) is 5.61. The molecule has 0 aromatic carbocycles. The molecule has 1 aliphatic heterocycles. The zero-order valence-corrected chi connectivity index (χ0v) is 10.0. The Balaban J connectivity index is 1.98. The second kappa shape index (κ2) is 3.99. The zero-order valence-electron chi connectivity index (χ0n) is 10.0. The van der Waals surface area contributed by atoms with Gasteiger partial charge in [-0.2, -0.15) is 0 Å². The molecule has 1 aliphatic carbocycles. The topological polar surface area (TPSA) is 21.6 Å². The van der Waals surface area contributed by atoms with Gasteiger partial charge in [0, 0.05) is 11.8 Å². The van der Waals surface area contributed by atoms with Gasteiger partial charge in [-0.1, -0.05) is 32.0 Å². The summed E-state index contributed by atoms with van der Waals surface area (Å²) < 4.78 is 0. The Morgan fingerprint density at radius 2 is 2.13 bits per heavy atom. The van der Waals surface area contributed by atoms with Crippen molar-refractivity contribution in [3.05, 3.63) is 11.6 Å². The highest BCUT2D eigenvalue weighted by Gasteiger charge is 2.31. The van der Waals surface area contributed by atoms with Gasteiger partial charge in [-0.05, 0) is 31.3 Å². The summed E-state index contributed by atoms with van der Waals surface area (Å²) in [6.07, 6.45) is 8.68. The summed E-state index contributed by atoms with van der Waals surface area (Å²) in [5, 5.41) is 4.24. The van der Waals surface area contributed by atoms with Crippen LogP contribution in [0.1, 0.15) is 52.9 Å². The summed E-state index contributed by atoms with van der Waals surface area (Å²) in [7, 11) is 0. The Labute approximate surface area is 92.4 Å². The molecule has 2 nitrogen and oxygen atoms in total. The smallest absolute Gasteiger partial charge is 0.153 e. The van der Waals surface area contributed by atoms with Crippen molar-refractivity contribution in [1.82, 2.24) is 0 Å². The number of allylic oxidation sites excluding steroid dienone is 1. The first-order chi connectivity index (χ1) is 7.07. The Hall–Kier alpha value is -0.790. The van der Waals surface area contributed by atoms with Crippen molar-refractivity contribution in [2.24, 2.45) is 10.6 Å². The van der Waals surface area contributed by atoms with Gasteiger partial charge in [-0.25, -0.2) is 0 Å². The molecule has 2 rings (SSSR count). The molecule has 2 heteroatoms. The molecule has 0 saturated carbocycles. The van der Waals surface area contributed by atoms with Gasteiger partial charge in [0.2, 0.25) is 0 Å². The first-order valence-electron chi connectivity index (χ1n) is 5.99. The van der Waals surface area contributed by atoms with Crippen LogP contribution < -0.4 is 0 Å². The quantitative estimate of drug-likeness (QED) is 0.601. The van der Waals surface area contributed by atoms with E-state index in [0.29, 0.717) is 0 Å². The van der Waals surface area contributed by atoms with Crippen molar-refractivity contribution in [3.8, 4) is 0 Å². The number of nitrogens with zero attached hydrogens (tertiary/aromatic N) is 1. The molecule has 0 saturated heterocycles. The Morgan fingerprint density at radius 3 is 2.67 bits per heavy atom. The monoisotopic (exact) mass is 207 g/mol. The van der Waals surface area contributed by atoms with Crippen LogP contribution in [0, 0.1) is 5.41 Å². The van der Waals surface area contributed by atoms with Gasteiger partial charge in [0.15, 0.2) is 6.10 Å². The maximum atomic E-state index is 5.55. The summed E-state index contributed by atoms with van der Waals surface area (Å²) in [4.78, 5) is 5.55. The number of hydrogen-bond donors (Lipinski definition) is 0. The number of oxime groups is 1. The van der Waals surface area contributed by atoms with Gasteiger partial charge in [-0.15, -0.1) is 0 Å². The number of rotatable bonds is 1. The molecule has 15 heavy (non-hydrogen) atoms. The fourth-order valence-electron chi connectivity index (χ4n) is 2.17. The van der Waals surface area contributed by atoms with E-state index in [-0.39, 0.29) is 11.5 Å². The van der Waals surface area contributed by atoms with Crippen molar-refractivity contribution >= 4 is 5.71 Å². The average molecular weight is 207 g/mol. The maximum absolute atomic E-state index is 5.55. The Bertz CT molecular complexity index is 296. The number of hydrogen-bond acceptors (Lipinski definition) is 2. The van der Waals surface area contributed by atoms with Crippen LogP contribution >= 0.6 is 0 Å². The molecule has 1 unspecified atom stereocenters. The predicted octanol–water partition coefficient (Wildman–Crippen LogP) is 3.68. The standard InChI is InChI=1S/C13H21NO/c1-13(2,3)12-9-11(15-14-12)10-7-5-4-6-8-10/h7,11H,4-6,8-9H2,1-3H3. The third-order valence-corrected chi connectivity index (χ3v) is 3.27. The summed E-state index contributed by atoms with van der Waals surface area (Å²) in [6, 6.07) is 0. The third kappa shape index (κ3) is 2.42. The molecular weight excluding hydrogens is 186 g/mol. The van der Waals surface area contributed by atoms with Gasteiger partial charge in [-0.3, -0.25) is 0 Å². The molecule has 0 bridgehead atoms. The molecule has 0 N–H and O–H groups in total. The van der Waals surface area contributed by atoms with Gasteiger partial charge < -0.3 is 4.84 Å². The molecule has 0 amide bonds. The lowest BCUT2D eigenvalue weighted by Gasteiger charge is -2.19. The molecule has 2 aliphatic rings. The normalized spacial score (nSPS) is 27.0. The van der Waals surface area contributed by atoms with E-state index in [1.54, 1.807) is 0 Å². The summed E-state index contributed by atoms with van der Waals surface area (Å²) in [6.45, 7) is 6.60. The van der Waals surface area contributed by atoms with Crippen LogP contribution in [-0.2, 0) is 4.84 Å². The average Bonchev–Trinajstić information content (AvgIpc) is 2.67. The fourth-order valence-corrected chi connectivity index (χ4v) is 2.17. The van der Waals surface area contributed by atoms with Crippen LogP contribution in [-0.4, -0.2) is 11.8 Å². The van der Waals surface area contributed by atoms with E-state index in [1.165, 1.54) is 37.0 Å². The van der Waals surface area contributed by atoms with Crippen LogP contribution in [0.15, 0.2) is 16.8 Å². The molecule has 0 fully saturated rings. The zero-order chi connectivity index (χ0) is 10.9. The van der Waals surface area contributed by atoms with E-state index in [1.807, 2.05) is 0 Å². The highest BCUT2D eigenvalue weighted by atomic mass is 16.6. The molecule has 0 aromatic rings. The molecule has 1 heterocycles. The van der Waals surface area contributed by atoms with Crippen LogP contribution in [0.5, 0.6) is 0 Å². The van der Waals surface area contributed by atoms with Gasteiger partial charge in [0.05, 0.1) is 5.71 Å². The molecule has 0 spiro atoms. The van der Waals surface area contributed by atoms with Crippen molar-refractivity contribution in [1.29, 1.82) is 0 Å². The molecule has 0 aromatic heterocycles. The first-order valence-corrected chi connectivity index (χ1v) is 5.99. The van der Waals surface area contributed by atoms with Gasteiger partial charge in [0.25, 0.3) is 0 Å². The van der Waals surface area contributed by atoms with Crippen LogP contribution in [0.4, 0.5) is 0 Å². The van der Waals surface area contributed by atoms with E-state index in [2.05, 4.69) is 32.0 Å². The maximum Gasteiger partial charge on any atom is 0.153 e. The van der Waals surface area contributed by atoms with Crippen molar-refractivity contribution in [2.45, 2.75) is 59.0 Å². The predicted molar refractivity (Wildman–Crippen MR) is 62.9 cm³/mol. The molecule has 1 atom stereocenters. The lowest BCUT2D eigenvalue weighted by atomic mass is 9.84. The lowest BCUT2D eigenvalue weighted by molar-refractivity contribution is 0.107. The fraction of sp³-hybridized carbons (Fsp3) is 0.769. The van der Waals surface area contributed by atoms with Gasteiger partial charge >= 0.3 is 0 Å². The van der Waals surface area contributed by atoms with Crippen LogP contribution in [0.25, 0.3) is 0 Å². The van der Waals surface area contributed by atoms with Crippen LogP contribution in [0.3, 0.4) is 0 Å². The largest absolute Gasteiger partial charge is 0.388 e. The minimum atomic E-state index is 0.157. The van der Waals surface area contributed by atoms with Crippen molar-refractivity contribution < 1.29 is 4.84 Å². The van der Waals surface area contributed by atoms with Crippen molar-refractivity contribution in [3.63, 3.8) is 0 Å².